The van der Waals surface area contributed by atoms with E-state index < -0.39 is 5.63 Å². The molecule has 2 aromatic rings. The average molecular weight is 220 g/mol. The third-order valence-electron chi connectivity index (χ3n) is 2.21. The number of methoxy groups -OCH3 is 1. The van der Waals surface area contributed by atoms with Gasteiger partial charge >= 0.3 is 5.63 Å². The van der Waals surface area contributed by atoms with Crippen LogP contribution in [0.15, 0.2) is 33.5 Å². The van der Waals surface area contributed by atoms with Crippen LogP contribution in [-0.4, -0.2) is 13.7 Å². The molecule has 2 rings (SSSR count). The number of rotatable bonds is 3. The molecule has 0 spiro atoms. The molecule has 0 aliphatic carbocycles. The second-order valence-electron chi connectivity index (χ2n) is 3.20. The predicted molar refractivity (Wildman–Crippen MR) is 60.2 cm³/mol. The number of hydrogen-bond acceptors (Lipinski definition) is 4. The molecule has 0 atom stereocenters. The minimum absolute atomic E-state index is 0.403. The van der Waals surface area contributed by atoms with Crippen LogP contribution in [0.3, 0.4) is 0 Å². The van der Waals surface area contributed by atoms with Gasteiger partial charge in [0, 0.05) is 11.5 Å². The van der Waals surface area contributed by atoms with Crippen LogP contribution in [0.1, 0.15) is 6.92 Å². The van der Waals surface area contributed by atoms with Gasteiger partial charge in [-0.2, -0.15) is 0 Å². The number of fused-ring (bicyclic) bond motifs is 1. The van der Waals surface area contributed by atoms with Gasteiger partial charge in [-0.05, 0) is 25.1 Å². The van der Waals surface area contributed by atoms with Crippen LogP contribution >= 0.6 is 0 Å². The smallest absolute Gasteiger partial charge is 0.336 e. The fourth-order valence-electron chi connectivity index (χ4n) is 1.55. The summed E-state index contributed by atoms with van der Waals surface area (Å²) in [6.07, 6.45) is 0. The van der Waals surface area contributed by atoms with Crippen molar-refractivity contribution in [3.63, 3.8) is 0 Å². The van der Waals surface area contributed by atoms with E-state index in [1.54, 1.807) is 12.1 Å². The highest BCUT2D eigenvalue weighted by atomic mass is 16.5. The molecule has 0 radical (unpaired) electrons. The van der Waals surface area contributed by atoms with Gasteiger partial charge < -0.3 is 13.9 Å². The zero-order chi connectivity index (χ0) is 11.5. The lowest BCUT2D eigenvalue weighted by molar-refractivity contribution is 0.310. The third-order valence-corrected chi connectivity index (χ3v) is 2.21. The first kappa shape index (κ1) is 10.5. The average Bonchev–Trinajstić information content (AvgIpc) is 2.29. The minimum Gasteiger partial charge on any atom is -0.490 e. The Bertz CT molecular complexity index is 556. The topological polar surface area (TPSA) is 48.7 Å². The predicted octanol–water partition coefficient (Wildman–Crippen LogP) is 2.20. The van der Waals surface area contributed by atoms with E-state index >= 15 is 0 Å². The summed E-state index contributed by atoms with van der Waals surface area (Å²) in [5, 5.41) is 0.805. The Labute approximate surface area is 92.4 Å². The zero-order valence-electron chi connectivity index (χ0n) is 9.15. The van der Waals surface area contributed by atoms with Crippen LogP contribution in [0.25, 0.3) is 11.0 Å². The summed E-state index contributed by atoms with van der Waals surface area (Å²) in [6, 6.07) is 6.69. The molecule has 0 unspecified atom stereocenters. The third kappa shape index (κ3) is 1.74. The molecule has 0 saturated heterocycles. The molecule has 1 aromatic heterocycles. The van der Waals surface area contributed by atoms with Crippen LogP contribution in [0.2, 0.25) is 0 Å². The molecule has 0 N–H and O–H groups in total. The van der Waals surface area contributed by atoms with E-state index in [1.165, 1.54) is 13.2 Å². The summed E-state index contributed by atoms with van der Waals surface area (Å²) in [6.45, 7) is 2.41. The fraction of sp³-hybridized carbons (Fsp3) is 0.250. The standard InChI is InChI=1S/C12H12O4/c1-3-15-9-6-4-8-5-7-10(13)16-11(8)12(9)14-2/h4-7H,3H2,1-2H3. The van der Waals surface area contributed by atoms with Crippen molar-refractivity contribution in [2.24, 2.45) is 0 Å². The van der Waals surface area contributed by atoms with Crippen molar-refractivity contribution in [3.05, 3.63) is 34.7 Å². The number of benzene rings is 1. The highest BCUT2D eigenvalue weighted by Gasteiger charge is 2.11. The summed E-state index contributed by atoms with van der Waals surface area (Å²) in [5.74, 6) is 1.03. The Morgan fingerprint density at radius 2 is 2.00 bits per heavy atom. The van der Waals surface area contributed by atoms with E-state index in [9.17, 15) is 4.79 Å². The first-order valence-electron chi connectivity index (χ1n) is 5.00. The van der Waals surface area contributed by atoms with Crippen LogP contribution in [0.4, 0.5) is 0 Å². The maximum Gasteiger partial charge on any atom is 0.336 e. The van der Waals surface area contributed by atoms with Crippen molar-refractivity contribution in [2.75, 3.05) is 13.7 Å². The fourth-order valence-corrected chi connectivity index (χ4v) is 1.55. The van der Waals surface area contributed by atoms with Crippen LogP contribution in [-0.2, 0) is 0 Å². The Balaban J connectivity index is 2.73. The van der Waals surface area contributed by atoms with Gasteiger partial charge in [0.2, 0.25) is 5.75 Å². The van der Waals surface area contributed by atoms with Crippen LogP contribution in [0.5, 0.6) is 11.5 Å². The van der Waals surface area contributed by atoms with Crippen molar-refractivity contribution in [3.8, 4) is 11.5 Å². The molecule has 0 saturated carbocycles. The second kappa shape index (κ2) is 4.26. The molecule has 4 nitrogen and oxygen atoms in total. The van der Waals surface area contributed by atoms with Gasteiger partial charge in [-0.1, -0.05) is 0 Å². The van der Waals surface area contributed by atoms with Crippen molar-refractivity contribution in [1.29, 1.82) is 0 Å². The Morgan fingerprint density at radius 3 is 2.69 bits per heavy atom. The first-order valence-corrected chi connectivity index (χ1v) is 5.00. The van der Waals surface area contributed by atoms with Gasteiger partial charge in [-0.25, -0.2) is 4.79 Å². The largest absolute Gasteiger partial charge is 0.490 e. The van der Waals surface area contributed by atoms with Crippen molar-refractivity contribution >= 4 is 11.0 Å². The summed E-state index contributed by atoms with van der Waals surface area (Å²) in [5.41, 5.74) is 0.0143. The van der Waals surface area contributed by atoms with Gasteiger partial charge in [-0.3, -0.25) is 0 Å². The molecule has 0 aliphatic heterocycles. The SMILES string of the molecule is CCOc1ccc2ccc(=O)oc2c1OC. The maximum atomic E-state index is 11.2. The quantitative estimate of drug-likeness (QED) is 0.744. The van der Waals surface area contributed by atoms with E-state index in [0.717, 1.165) is 5.39 Å². The Kier molecular flexibility index (Phi) is 2.81. The summed E-state index contributed by atoms with van der Waals surface area (Å²) in [7, 11) is 1.52. The highest BCUT2D eigenvalue weighted by molar-refractivity contribution is 5.85. The van der Waals surface area contributed by atoms with E-state index in [2.05, 4.69) is 0 Å². The molecular formula is C12H12O4. The second-order valence-corrected chi connectivity index (χ2v) is 3.20. The molecule has 84 valence electrons. The van der Waals surface area contributed by atoms with E-state index in [0.29, 0.717) is 23.7 Å². The summed E-state index contributed by atoms with van der Waals surface area (Å²) < 4.78 is 15.7. The summed E-state index contributed by atoms with van der Waals surface area (Å²) >= 11 is 0. The molecule has 1 heterocycles. The van der Waals surface area contributed by atoms with Gasteiger partial charge in [0.05, 0.1) is 13.7 Å². The van der Waals surface area contributed by atoms with Crippen molar-refractivity contribution in [1.82, 2.24) is 0 Å². The molecule has 16 heavy (non-hydrogen) atoms. The molecule has 0 fully saturated rings. The molecular weight excluding hydrogens is 208 g/mol. The lowest BCUT2D eigenvalue weighted by Crippen LogP contribution is -1.99. The molecule has 0 aliphatic rings. The van der Waals surface area contributed by atoms with Gasteiger partial charge in [-0.15, -0.1) is 0 Å². The van der Waals surface area contributed by atoms with Crippen LogP contribution in [0, 0.1) is 0 Å². The van der Waals surface area contributed by atoms with Crippen molar-refractivity contribution < 1.29 is 13.9 Å². The maximum absolute atomic E-state index is 11.2. The number of hydrogen-bond donors (Lipinski definition) is 0. The Hall–Kier alpha value is -1.97. The van der Waals surface area contributed by atoms with E-state index in [1.807, 2.05) is 13.0 Å². The van der Waals surface area contributed by atoms with Crippen LogP contribution < -0.4 is 15.1 Å². The molecule has 1 aromatic carbocycles. The molecule has 0 amide bonds. The highest BCUT2D eigenvalue weighted by Crippen LogP contribution is 2.34. The zero-order valence-corrected chi connectivity index (χ0v) is 9.15. The van der Waals surface area contributed by atoms with E-state index in [-0.39, 0.29) is 0 Å². The monoisotopic (exact) mass is 220 g/mol. The lowest BCUT2D eigenvalue weighted by Gasteiger charge is -2.10. The van der Waals surface area contributed by atoms with Gasteiger partial charge in [0.25, 0.3) is 0 Å². The van der Waals surface area contributed by atoms with Gasteiger partial charge in [0.1, 0.15) is 0 Å². The Morgan fingerprint density at radius 1 is 1.25 bits per heavy atom. The normalized spacial score (nSPS) is 10.4. The lowest BCUT2D eigenvalue weighted by atomic mass is 10.2. The molecule has 4 heteroatoms. The van der Waals surface area contributed by atoms with E-state index in [4.69, 9.17) is 13.9 Å². The molecule has 0 bridgehead atoms. The number of ether oxygens (including phenoxy) is 2. The summed E-state index contributed by atoms with van der Waals surface area (Å²) in [4.78, 5) is 11.2. The first-order chi connectivity index (χ1) is 7.76. The van der Waals surface area contributed by atoms with Gasteiger partial charge in [0.15, 0.2) is 11.3 Å². The minimum atomic E-state index is -0.403. The van der Waals surface area contributed by atoms with Crippen molar-refractivity contribution in [2.45, 2.75) is 6.92 Å².